The lowest BCUT2D eigenvalue weighted by Gasteiger charge is -2.08. The van der Waals surface area contributed by atoms with E-state index in [1.54, 1.807) is 0 Å². The molecule has 0 amide bonds. The Morgan fingerprint density at radius 2 is 1.93 bits per heavy atom. The average molecular weight is 413 g/mol. The van der Waals surface area contributed by atoms with E-state index in [-0.39, 0.29) is 25.4 Å². The highest BCUT2D eigenvalue weighted by atomic mass is 32.1. The third-order valence-electron chi connectivity index (χ3n) is 4.46. The first-order valence-electron chi connectivity index (χ1n) is 9.35. The Morgan fingerprint density at radius 1 is 1.14 bits per heavy atom. The van der Waals surface area contributed by atoms with Crippen molar-refractivity contribution in [2.45, 2.75) is 34.1 Å². The minimum absolute atomic E-state index is 0.0820. The molecule has 0 aliphatic rings. The third-order valence-corrected chi connectivity index (χ3v) is 5.40. The van der Waals surface area contributed by atoms with Crippen LogP contribution in [0.2, 0.25) is 0 Å². The van der Waals surface area contributed by atoms with Crippen LogP contribution in [0.25, 0.3) is 5.13 Å². The second kappa shape index (κ2) is 9.05. The zero-order valence-electron chi connectivity index (χ0n) is 17.0. The van der Waals surface area contributed by atoms with Gasteiger partial charge in [0.25, 0.3) is 0 Å². The van der Waals surface area contributed by atoms with Gasteiger partial charge < -0.3 is 9.47 Å². The molecule has 0 fully saturated rings. The Labute approximate surface area is 174 Å². The predicted octanol–water partition coefficient (Wildman–Crippen LogP) is 4.36. The highest BCUT2D eigenvalue weighted by molar-refractivity contribution is 7.12. The van der Waals surface area contributed by atoms with E-state index < -0.39 is 5.97 Å². The van der Waals surface area contributed by atoms with Crippen molar-refractivity contribution >= 4 is 23.1 Å². The summed E-state index contributed by atoms with van der Waals surface area (Å²) in [4.78, 5) is 29.0. The Balaban J connectivity index is 1.53. The number of rotatable bonds is 8. The monoisotopic (exact) mass is 412 g/mol. The average Bonchev–Trinajstić information content (AvgIpc) is 3.22. The molecule has 0 spiro atoms. The summed E-state index contributed by atoms with van der Waals surface area (Å²) in [6.07, 6.45) is 0.0820. The lowest BCUT2D eigenvalue weighted by atomic mass is 10.1. The van der Waals surface area contributed by atoms with Gasteiger partial charge in [0, 0.05) is 22.3 Å². The molecule has 0 saturated heterocycles. The number of carbonyl (C=O) groups excluding carboxylic acids is 2. The van der Waals surface area contributed by atoms with Gasteiger partial charge in [-0.2, -0.15) is 0 Å². The lowest BCUT2D eigenvalue weighted by Crippen LogP contribution is -2.16. The Hall–Kier alpha value is -2.93. The number of esters is 1. The molecule has 0 aliphatic carbocycles. The van der Waals surface area contributed by atoms with Gasteiger partial charge >= 0.3 is 5.97 Å². The van der Waals surface area contributed by atoms with Crippen molar-refractivity contribution in [2.24, 2.45) is 0 Å². The van der Waals surface area contributed by atoms with E-state index in [2.05, 4.69) is 4.98 Å². The number of ether oxygens (including phenoxy) is 2. The first kappa shape index (κ1) is 20.8. The molecule has 1 aromatic carbocycles. The molecule has 7 heteroatoms. The Kier molecular flexibility index (Phi) is 6.49. The van der Waals surface area contributed by atoms with Gasteiger partial charge in [0.15, 0.2) is 11.7 Å². The number of aromatic nitrogens is 2. The predicted molar refractivity (Wildman–Crippen MR) is 112 cm³/mol. The van der Waals surface area contributed by atoms with Crippen LogP contribution in [0.5, 0.6) is 5.75 Å². The van der Waals surface area contributed by atoms with Crippen LogP contribution in [-0.4, -0.2) is 34.5 Å². The quantitative estimate of drug-likeness (QED) is 0.406. The number of Topliss-reactive ketones (excluding diaryl/α,β-unsaturated/α-hetero) is 1. The second-order valence-corrected chi connectivity index (χ2v) is 7.73. The SMILES string of the molecule is Cc1cccc(OCCC(=O)OCC(=O)c2cc(C)n(-c3nc(C)cs3)c2C)c1. The molecule has 3 aromatic rings. The molecule has 29 heavy (non-hydrogen) atoms. The minimum Gasteiger partial charge on any atom is -0.493 e. The molecule has 0 saturated carbocycles. The zero-order valence-corrected chi connectivity index (χ0v) is 17.8. The second-order valence-electron chi connectivity index (χ2n) is 6.89. The molecule has 3 rings (SSSR count). The van der Waals surface area contributed by atoms with Crippen molar-refractivity contribution in [3.05, 3.63) is 63.9 Å². The van der Waals surface area contributed by atoms with E-state index in [4.69, 9.17) is 9.47 Å². The molecule has 0 unspecified atom stereocenters. The Morgan fingerprint density at radius 3 is 2.62 bits per heavy atom. The molecule has 0 atom stereocenters. The van der Waals surface area contributed by atoms with Crippen molar-refractivity contribution in [3.8, 4) is 10.9 Å². The first-order chi connectivity index (χ1) is 13.8. The van der Waals surface area contributed by atoms with Crippen LogP contribution >= 0.6 is 11.3 Å². The highest BCUT2D eigenvalue weighted by Crippen LogP contribution is 2.23. The molecule has 2 heterocycles. The number of carbonyl (C=O) groups is 2. The van der Waals surface area contributed by atoms with Crippen molar-refractivity contribution in [3.63, 3.8) is 0 Å². The van der Waals surface area contributed by atoms with Crippen molar-refractivity contribution in [1.29, 1.82) is 0 Å². The molecule has 2 aromatic heterocycles. The number of thiazole rings is 1. The topological polar surface area (TPSA) is 70.4 Å². The maximum atomic E-state index is 12.6. The van der Waals surface area contributed by atoms with Gasteiger partial charge in [-0.25, -0.2) is 4.98 Å². The lowest BCUT2D eigenvalue weighted by molar-refractivity contribution is -0.143. The summed E-state index contributed by atoms with van der Waals surface area (Å²) in [5.41, 5.74) is 4.27. The van der Waals surface area contributed by atoms with Gasteiger partial charge in [-0.1, -0.05) is 12.1 Å². The fourth-order valence-corrected chi connectivity index (χ4v) is 3.95. The third kappa shape index (κ3) is 5.12. The fourth-order valence-electron chi connectivity index (χ4n) is 3.04. The zero-order chi connectivity index (χ0) is 21.0. The molecule has 0 radical (unpaired) electrons. The van der Waals surface area contributed by atoms with Crippen LogP contribution in [0.15, 0.2) is 35.7 Å². The van der Waals surface area contributed by atoms with Crippen molar-refractivity contribution in [2.75, 3.05) is 13.2 Å². The van der Waals surface area contributed by atoms with Gasteiger partial charge in [0.1, 0.15) is 5.75 Å². The van der Waals surface area contributed by atoms with Crippen LogP contribution in [0, 0.1) is 27.7 Å². The molecule has 0 aliphatic heterocycles. The molecule has 0 bridgehead atoms. The summed E-state index contributed by atoms with van der Waals surface area (Å²) >= 11 is 1.52. The normalized spacial score (nSPS) is 10.8. The van der Waals surface area contributed by atoms with Crippen molar-refractivity contribution < 1.29 is 19.1 Å². The number of nitrogens with zero attached hydrogens (tertiary/aromatic N) is 2. The van der Waals surface area contributed by atoms with Crippen LogP contribution < -0.4 is 4.74 Å². The number of hydrogen-bond acceptors (Lipinski definition) is 6. The van der Waals surface area contributed by atoms with Crippen LogP contribution in [0.4, 0.5) is 0 Å². The summed E-state index contributed by atoms with van der Waals surface area (Å²) in [5.74, 6) is 0.0136. The summed E-state index contributed by atoms with van der Waals surface area (Å²) in [7, 11) is 0. The molecular formula is C22H24N2O4S. The molecule has 6 nitrogen and oxygen atoms in total. The van der Waals surface area contributed by atoms with E-state index in [1.807, 2.05) is 68.0 Å². The minimum atomic E-state index is -0.463. The van der Waals surface area contributed by atoms with Crippen LogP contribution in [0.1, 0.15) is 39.4 Å². The summed E-state index contributed by atoms with van der Waals surface area (Å²) in [5, 5.41) is 2.79. The Bertz CT molecular complexity index is 1040. The van der Waals surface area contributed by atoms with E-state index in [0.717, 1.165) is 27.8 Å². The summed E-state index contributed by atoms with van der Waals surface area (Å²) < 4.78 is 12.6. The van der Waals surface area contributed by atoms with E-state index in [9.17, 15) is 9.59 Å². The number of ketones is 1. The molecule has 0 N–H and O–H groups in total. The van der Waals surface area contributed by atoms with E-state index >= 15 is 0 Å². The standard InChI is InChI=1S/C22H24N2O4S/c1-14-6-5-7-18(10-14)27-9-8-21(26)28-12-20(25)19-11-16(3)24(17(19)4)22-23-15(2)13-29-22/h5-7,10-11,13H,8-9,12H2,1-4H3. The maximum absolute atomic E-state index is 12.6. The van der Waals surface area contributed by atoms with E-state index in [0.29, 0.717) is 11.3 Å². The smallest absolute Gasteiger partial charge is 0.309 e. The molecular weight excluding hydrogens is 388 g/mol. The van der Waals surface area contributed by atoms with Gasteiger partial charge in [0.05, 0.1) is 18.7 Å². The summed E-state index contributed by atoms with van der Waals surface area (Å²) in [6.45, 7) is 7.62. The van der Waals surface area contributed by atoms with Gasteiger partial charge in [-0.3, -0.25) is 14.2 Å². The number of aryl methyl sites for hydroxylation is 3. The fraction of sp³-hybridized carbons (Fsp3) is 0.318. The summed E-state index contributed by atoms with van der Waals surface area (Å²) in [6, 6.07) is 9.41. The van der Waals surface area contributed by atoms with Gasteiger partial charge in [-0.15, -0.1) is 11.3 Å². The number of hydrogen-bond donors (Lipinski definition) is 0. The number of benzene rings is 1. The highest BCUT2D eigenvalue weighted by Gasteiger charge is 2.19. The van der Waals surface area contributed by atoms with Crippen LogP contribution in [-0.2, 0) is 9.53 Å². The van der Waals surface area contributed by atoms with Crippen LogP contribution in [0.3, 0.4) is 0 Å². The maximum Gasteiger partial charge on any atom is 0.309 e. The van der Waals surface area contributed by atoms with Crippen molar-refractivity contribution in [1.82, 2.24) is 9.55 Å². The largest absolute Gasteiger partial charge is 0.493 e. The first-order valence-corrected chi connectivity index (χ1v) is 10.2. The van der Waals surface area contributed by atoms with Gasteiger partial charge in [-0.05, 0) is 51.5 Å². The van der Waals surface area contributed by atoms with Gasteiger partial charge in [0.2, 0.25) is 5.78 Å². The van der Waals surface area contributed by atoms with E-state index in [1.165, 1.54) is 11.3 Å². The molecule has 152 valence electrons.